The first-order valence-corrected chi connectivity index (χ1v) is 8.11. The van der Waals surface area contributed by atoms with E-state index in [2.05, 4.69) is 13.8 Å². The molecule has 2 unspecified atom stereocenters. The van der Waals surface area contributed by atoms with Crippen LogP contribution in [0.25, 0.3) is 0 Å². The van der Waals surface area contributed by atoms with Gasteiger partial charge in [0.15, 0.2) is 0 Å². The van der Waals surface area contributed by atoms with E-state index in [-0.39, 0.29) is 0 Å². The molecule has 0 amide bonds. The highest BCUT2D eigenvalue weighted by Crippen LogP contribution is 2.24. The van der Waals surface area contributed by atoms with Crippen LogP contribution in [0.5, 0.6) is 0 Å². The third-order valence-corrected chi connectivity index (χ3v) is 3.80. The molecule has 2 heteroatoms. The quantitative estimate of drug-likeness (QED) is 0.527. The van der Waals surface area contributed by atoms with Crippen LogP contribution >= 0.6 is 0 Å². The molecular formula is C16H32O2. The second kappa shape index (κ2) is 10.8. The monoisotopic (exact) mass is 256 g/mol. The summed E-state index contributed by atoms with van der Waals surface area (Å²) in [6.45, 7) is 6.32. The fourth-order valence-electron chi connectivity index (χ4n) is 2.62. The van der Waals surface area contributed by atoms with Crippen molar-refractivity contribution >= 4 is 0 Å². The highest BCUT2D eigenvalue weighted by Gasteiger charge is 2.26. The van der Waals surface area contributed by atoms with Crippen LogP contribution in [-0.2, 0) is 9.47 Å². The van der Waals surface area contributed by atoms with Crippen molar-refractivity contribution in [1.82, 2.24) is 0 Å². The van der Waals surface area contributed by atoms with E-state index in [9.17, 15) is 0 Å². The lowest BCUT2D eigenvalue weighted by Crippen LogP contribution is -2.35. The predicted octanol–water partition coefficient (Wildman–Crippen LogP) is 4.71. The van der Waals surface area contributed by atoms with Crippen LogP contribution in [0.2, 0.25) is 0 Å². The molecule has 0 radical (unpaired) electrons. The minimum atomic E-state index is 0.372. The number of hydrogen-bond acceptors (Lipinski definition) is 2. The van der Waals surface area contributed by atoms with Crippen LogP contribution in [-0.4, -0.2) is 25.4 Å². The first-order valence-electron chi connectivity index (χ1n) is 8.11. The molecule has 0 aromatic carbocycles. The Bertz CT molecular complexity index is 162. The van der Waals surface area contributed by atoms with Crippen molar-refractivity contribution in [3.8, 4) is 0 Å². The molecule has 0 spiro atoms. The Kier molecular flexibility index (Phi) is 9.59. The summed E-state index contributed by atoms with van der Waals surface area (Å²) in [5.41, 5.74) is 0. The van der Waals surface area contributed by atoms with Crippen molar-refractivity contribution in [2.45, 2.75) is 90.3 Å². The third kappa shape index (κ3) is 6.75. The molecule has 0 aromatic rings. The molecule has 0 bridgehead atoms. The minimum Gasteiger partial charge on any atom is -0.376 e. The van der Waals surface area contributed by atoms with E-state index < -0.39 is 0 Å². The normalized spacial score (nSPS) is 24.3. The van der Waals surface area contributed by atoms with E-state index in [0.29, 0.717) is 12.2 Å². The summed E-state index contributed by atoms with van der Waals surface area (Å²) in [5, 5.41) is 0. The maximum Gasteiger partial charge on any atom is 0.0836 e. The van der Waals surface area contributed by atoms with Gasteiger partial charge in [-0.1, -0.05) is 52.4 Å². The molecule has 18 heavy (non-hydrogen) atoms. The van der Waals surface area contributed by atoms with Crippen LogP contribution in [0.4, 0.5) is 0 Å². The third-order valence-electron chi connectivity index (χ3n) is 3.80. The summed E-state index contributed by atoms with van der Waals surface area (Å²) < 4.78 is 12.1. The second-order valence-electron chi connectivity index (χ2n) is 5.52. The van der Waals surface area contributed by atoms with Crippen molar-refractivity contribution < 1.29 is 9.47 Å². The van der Waals surface area contributed by atoms with Crippen molar-refractivity contribution in [3.05, 3.63) is 0 Å². The van der Waals surface area contributed by atoms with Crippen LogP contribution in [0.1, 0.15) is 78.1 Å². The van der Waals surface area contributed by atoms with Gasteiger partial charge in [-0.05, 0) is 25.7 Å². The Hall–Kier alpha value is -0.0800. The average Bonchev–Trinajstić information content (AvgIpc) is 2.41. The Labute approximate surface area is 113 Å². The topological polar surface area (TPSA) is 18.5 Å². The molecule has 1 aliphatic rings. The molecule has 108 valence electrons. The van der Waals surface area contributed by atoms with E-state index in [0.717, 1.165) is 13.2 Å². The minimum absolute atomic E-state index is 0.372. The fraction of sp³-hybridized carbons (Fsp3) is 1.00. The van der Waals surface area contributed by atoms with Crippen molar-refractivity contribution in [3.63, 3.8) is 0 Å². The summed E-state index contributed by atoms with van der Waals surface area (Å²) in [7, 11) is 0. The Morgan fingerprint density at radius 1 is 0.722 bits per heavy atom. The molecule has 0 saturated heterocycles. The summed E-state index contributed by atoms with van der Waals surface area (Å²) in [5.74, 6) is 0. The van der Waals surface area contributed by atoms with E-state index >= 15 is 0 Å². The Balaban J connectivity index is 2.15. The average molecular weight is 256 g/mol. The van der Waals surface area contributed by atoms with E-state index in [1.807, 2.05) is 0 Å². The number of hydrogen-bond donors (Lipinski definition) is 0. The van der Waals surface area contributed by atoms with Crippen LogP contribution in [0, 0.1) is 0 Å². The molecule has 2 nitrogen and oxygen atoms in total. The first-order chi connectivity index (χ1) is 8.88. The fourth-order valence-corrected chi connectivity index (χ4v) is 2.62. The summed E-state index contributed by atoms with van der Waals surface area (Å²) in [6.07, 6.45) is 13.3. The molecule has 0 aromatic heterocycles. The molecule has 1 rings (SSSR count). The Morgan fingerprint density at radius 2 is 1.17 bits per heavy atom. The summed E-state index contributed by atoms with van der Waals surface area (Å²) in [4.78, 5) is 0. The van der Waals surface area contributed by atoms with Crippen LogP contribution < -0.4 is 0 Å². The van der Waals surface area contributed by atoms with Gasteiger partial charge in [0.05, 0.1) is 12.2 Å². The molecule has 0 heterocycles. The highest BCUT2D eigenvalue weighted by molar-refractivity contribution is 4.76. The van der Waals surface area contributed by atoms with Crippen LogP contribution in [0.15, 0.2) is 0 Å². The molecular weight excluding hydrogens is 224 g/mol. The zero-order chi connectivity index (χ0) is 13.1. The largest absolute Gasteiger partial charge is 0.376 e. The molecule has 0 aliphatic heterocycles. The Morgan fingerprint density at radius 3 is 1.56 bits per heavy atom. The van der Waals surface area contributed by atoms with E-state index in [1.54, 1.807) is 0 Å². The lowest BCUT2D eigenvalue weighted by atomic mass is 9.94. The SMILES string of the molecule is CCCCCOC1CCCCC1OCCCCC. The molecule has 1 saturated carbocycles. The molecule has 0 N–H and O–H groups in total. The van der Waals surface area contributed by atoms with Gasteiger partial charge in [-0.15, -0.1) is 0 Å². The smallest absolute Gasteiger partial charge is 0.0836 e. The van der Waals surface area contributed by atoms with Gasteiger partial charge in [-0.2, -0.15) is 0 Å². The van der Waals surface area contributed by atoms with Gasteiger partial charge in [0.2, 0.25) is 0 Å². The second-order valence-corrected chi connectivity index (χ2v) is 5.52. The molecule has 2 atom stereocenters. The number of unbranched alkanes of at least 4 members (excludes halogenated alkanes) is 4. The summed E-state index contributed by atoms with van der Waals surface area (Å²) in [6, 6.07) is 0. The van der Waals surface area contributed by atoms with Crippen molar-refractivity contribution in [2.24, 2.45) is 0 Å². The van der Waals surface area contributed by atoms with Gasteiger partial charge < -0.3 is 9.47 Å². The molecule has 1 fully saturated rings. The van der Waals surface area contributed by atoms with Gasteiger partial charge in [0.25, 0.3) is 0 Å². The number of ether oxygens (including phenoxy) is 2. The van der Waals surface area contributed by atoms with E-state index in [4.69, 9.17) is 9.47 Å². The van der Waals surface area contributed by atoms with Gasteiger partial charge in [0, 0.05) is 13.2 Å². The van der Waals surface area contributed by atoms with Gasteiger partial charge in [-0.3, -0.25) is 0 Å². The predicted molar refractivity (Wildman–Crippen MR) is 77.0 cm³/mol. The standard InChI is InChI=1S/C16H32O2/c1-3-5-9-13-17-15-11-7-8-12-16(15)18-14-10-6-4-2/h15-16H,3-14H2,1-2H3. The van der Waals surface area contributed by atoms with Gasteiger partial charge in [0.1, 0.15) is 0 Å². The summed E-state index contributed by atoms with van der Waals surface area (Å²) >= 11 is 0. The zero-order valence-electron chi connectivity index (χ0n) is 12.5. The van der Waals surface area contributed by atoms with Crippen LogP contribution in [0.3, 0.4) is 0 Å². The van der Waals surface area contributed by atoms with Gasteiger partial charge >= 0.3 is 0 Å². The maximum atomic E-state index is 6.03. The maximum absolute atomic E-state index is 6.03. The lowest BCUT2D eigenvalue weighted by Gasteiger charge is -2.31. The van der Waals surface area contributed by atoms with Crippen molar-refractivity contribution in [2.75, 3.05) is 13.2 Å². The van der Waals surface area contributed by atoms with E-state index in [1.165, 1.54) is 64.2 Å². The molecule has 1 aliphatic carbocycles. The first kappa shape index (κ1) is 16.0. The van der Waals surface area contributed by atoms with Gasteiger partial charge in [-0.25, -0.2) is 0 Å². The lowest BCUT2D eigenvalue weighted by molar-refractivity contribution is -0.0933. The van der Waals surface area contributed by atoms with Crippen molar-refractivity contribution in [1.29, 1.82) is 0 Å². The highest BCUT2D eigenvalue weighted by atomic mass is 16.5. The number of rotatable bonds is 10. The zero-order valence-corrected chi connectivity index (χ0v) is 12.5.